The average Bonchev–Trinajstić information content (AvgIpc) is 2.07. The molecule has 0 aliphatic rings. The van der Waals surface area contributed by atoms with Gasteiger partial charge in [0.05, 0.1) is 0 Å². The highest BCUT2D eigenvalue weighted by molar-refractivity contribution is 5.66. The predicted octanol–water partition coefficient (Wildman–Crippen LogP) is 3.76. The lowest BCUT2D eigenvalue weighted by molar-refractivity contribution is -0.345. The summed E-state index contributed by atoms with van der Waals surface area (Å²) < 4.78 is 75.6. The summed E-state index contributed by atoms with van der Waals surface area (Å²) >= 11 is 0. The molecule has 0 atom stereocenters. The van der Waals surface area contributed by atoms with Crippen molar-refractivity contribution in [3.8, 4) is 0 Å². The lowest BCUT2D eigenvalue weighted by Crippen LogP contribution is -2.50. The molecule has 102 valence electrons. The topological polar surface area (TPSA) is 37.3 Å². The monoisotopic (exact) mass is 266 g/mol. The Morgan fingerprint density at radius 2 is 1.41 bits per heavy atom. The van der Waals surface area contributed by atoms with Crippen molar-refractivity contribution in [2.45, 2.75) is 45.0 Å². The molecule has 0 heterocycles. The summed E-state index contributed by atoms with van der Waals surface area (Å²) in [5.74, 6) is -1.68. The second kappa shape index (κ2) is 5.14. The second-order valence-electron chi connectivity index (χ2n) is 3.72. The molecule has 17 heavy (non-hydrogen) atoms. The largest absolute Gasteiger partial charge is 0.481 e. The van der Waals surface area contributed by atoms with Gasteiger partial charge in [0, 0.05) is 6.42 Å². The van der Waals surface area contributed by atoms with E-state index in [-0.39, 0.29) is 6.42 Å². The molecule has 0 radical (unpaired) electrons. The lowest BCUT2D eigenvalue weighted by atomic mass is 9.77. The van der Waals surface area contributed by atoms with Crippen LogP contribution in [-0.2, 0) is 4.79 Å². The van der Waals surface area contributed by atoms with Crippen LogP contribution in [-0.4, -0.2) is 23.4 Å². The van der Waals surface area contributed by atoms with E-state index in [4.69, 9.17) is 5.11 Å². The molecule has 0 aromatic carbocycles. The van der Waals surface area contributed by atoms with E-state index in [2.05, 4.69) is 0 Å². The zero-order valence-electron chi connectivity index (χ0n) is 8.95. The molecule has 0 spiro atoms. The Morgan fingerprint density at radius 3 is 1.65 bits per heavy atom. The summed E-state index contributed by atoms with van der Waals surface area (Å²) in [5, 5.41) is 8.24. The molecule has 0 saturated carbocycles. The highest BCUT2D eigenvalue weighted by Crippen LogP contribution is 2.55. The molecule has 0 aromatic heterocycles. The van der Waals surface area contributed by atoms with E-state index in [9.17, 15) is 31.1 Å². The van der Waals surface area contributed by atoms with Gasteiger partial charge in [0.1, 0.15) is 0 Å². The van der Waals surface area contributed by atoms with Gasteiger partial charge < -0.3 is 5.11 Å². The summed E-state index contributed by atoms with van der Waals surface area (Å²) in [5.41, 5.74) is -3.92. The van der Waals surface area contributed by atoms with Crippen LogP contribution in [0, 0.1) is 5.41 Å². The number of hydrogen-bond donors (Lipinski definition) is 1. The van der Waals surface area contributed by atoms with Crippen LogP contribution < -0.4 is 0 Å². The molecule has 0 aliphatic carbocycles. The number of halogens is 6. The SMILES string of the molecule is CCCC(CCC(=O)O)(C(F)(F)F)C(F)(F)F. The van der Waals surface area contributed by atoms with E-state index in [1.807, 2.05) is 0 Å². The number of aliphatic carboxylic acids is 1. The third-order valence-corrected chi connectivity index (χ3v) is 2.53. The molecule has 0 fully saturated rings. The van der Waals surface area contributed by atoms with E-state index >= 15 is 0 Å². The highest BCUT2D eigenvalue weighted by Gasteiger charge is 2.69. The predicted molar refractivity (Wildman–Crippen MR) is 46.3 cm³/mol. The molecular weight excluding hydrogens is 254 g/mol. The maximum Gasteiger partial charge on any atom is 0.403 e. The van der Waals surface area contributed by atoms with Gasteiger partial charge in [-0.2, -0.15) is 26.3 Å². The third kappa shape index (κ3) is 3.50. The zero-order valence-corrected chi connectivity index (χ0v) is 8.95. The Morgan fingerprint density at radius 1 is 1.00 bits per heavy atom. The Kier molecular flexibility index (Phi) is 4.85. The van der Waals surface area contributed by atoms with Crippen molar-refractivity contribution in [3.05, 3.63) is 0 Å². The number of hydrogen-bond acceptors (Lipinski definition) is 1. The molecular formula is C9H12F6O2. The average molecular weight is 266 g/mol. The second-order valence-corrected chi connectivity index (χ2v) is 3.72. The molecule has 1 N–H and O–H groups in total. The maximum atomic E-state index is 12.6. The van der Waals surface area contributed by atoms with Crippen molar-refractivity contribution in [2.75, 3.05) is 0 Å². The van der Waals surface area contributed by atoms with Crippen LogP contribution in [0.2, 0.25) is 0 Å². The van der Waals surface area contributed by atoms with Crippen molar-refractivity contribution in [3.63, 3.8) is 0 Å². The first kappa shape index (κ1) is 16.1. The molecule has 0 aromatic rings. The minimum atomic E-state index is -5.50. The summed E-state index contributed by atoms with van der Waals surface area (Å²) in [4.78, 5) is 10.2. The van der Waals surface area contributed by atoms with Gasteiger partial charge in [-0.05, 0) is 12.8 Å². The molecule has 2 nitrogen and oxygen atoms in total. The fourth-order valence-electron chi connectivity index (χ4n) is 1.60. The number of alkyl halides is 6. The fraction of sp³-hybridized carbons (Fsp3) is 0.889. The van der Waals surface area contributed by atoms with E-state index in [1.54, 1.807) is 0 Å². The van der Waals surface area contributed by atoms with Crippen LogP contribution in [0.15, 0.2) is 0 Å². The van der Waals surface area contributed by atoms with Crippen LogP contribution in [0.25, 0.3) is 0 Å². The van der Waals surface area contributed by atoms with E-state index in [0.717, 1.165) is 0 Å². The van der Waals surface area contributed by atoms with Gasteiger partial charge in [-0.25, -0.2) is 0 Å². The molecule has 0 bridgehead atoms. The van der Waals surface area contributed by atoms with Crippen LogP contribution in [0.5, 0.6) is 0 Å². The van der Waals surface area contributed by atoms with Crippen molar-refractivity contribution >= 4 is 5.97 Å². The number of carboxylic acids is 1. The third-order valence-electron chi connectivity index (χ3n) is 2.53. The summed E-state index contributed by atoms with van der Waals surface area (Å²) in [6.45, 7) is 1.19. The highest BCUT2D eigenvalue weighted by atomic mass is 19.4. The Labute approximate surface area is 93.6 Å². The van der Waals surface area contributed by atoms with Gasteiger partial charge in [0.25, 0.3) is 0 Å². The van der Waals surface area contributed by atoms with E-state index < -0.39 is 43.0 Å². The van der Waals surface area contributed by atoms with Gasteiger partial charge in [-0.3, -0.25) is 4.79 Å². The maximum absolute atomic E-state index is 12.6. The molecule has 0 unspecified atom stereocenters. The summed E-state index contributed by atoms with van der Waals surface area (Å²) in [6.07, 6.45) is -15.2. The van der Waals surface area contributed by atoms with Crippen LogP contribution in [0.1, 0.15) is 32.6 Å². The fourth-order valence-corrected chi connectivity index (χ4v) is 1.60. The molecule has 0 rings (SSSR count). The Balaban J connectivity index is 5.34. The van der Waals surface area contributed by atoms with Gasteiger partial charge >= 0.3 is 18.3 Å². The summed E-state index contributed by atoms with van der Waals surface area (Å²) in [6, 6.07) is 0. The van der Waals surface area contributed by atoms with E-state index in [1.165, 1.54) is 6.92 Å². The quantitative estimate of drug-likeness (QED) is 0.769. The van der Waals surface area contributed by atoms with E-state index in [0.29, 0.717) is 0 Å². The van der Waals surface area contributed by atoms with Gasteiger partial charge in [-0.1, -0.05) is 13.3 Å². The molecule has 0 aliphatic heterocycles. The van der Waals surface area contributed by atoms with Crippen molar-refractivity contribution in [2.24, 2.45) is 5.41 Å². The van der Waals surface area contributed by atoms with Crippen molar-refractivity contribution in [1.29, 1.82) is 0 Å². The lowest BCUT2D eigenvalue weighted by Gasteiger charge is -2.37. The van der Waals surface area contributed by atoms with Crippen LogP contribution in [0.3, 0.4) is 0 Å². The summed E-state index contributed by atoms with van der Waals surface area (Å²) in [7, 11) is 0. The first-order chi connectivity index (χ1) is 7.48. The minimum absolute atomic E-state index is 0.335. The molecule has 0 saturated heterocycles. The van der Waals surface area contributed by atoms with Gasteiger partial charge in [0.15, 0.2) is 5.41 Å². The number of rotatable bonds is 5. The normalized spacial score (nSPS) is 13.8. The number of carbonyl (C=O) groups is 1. The first-order valence-electron chi connectivity index (χ1n) is 4.83. The zero-order chi connectivity index (χ0) is 13.9. The molecule has 8 heteroatoms. The Bertz CT molecular complexity index is 254. The smallest absolute Gasteiger partial charge is 0.403 e. The van der Waals surface area contributed by atoms with Gasteiger partial charge in [-0.15, -0.1) is 0 Å². The number of carboxylic acid groups (broad SMARTS) is 1. The van der Waals surface area contributed by atoms with Gasteiger partial charge in [0.2, 0.25) is 0 Å². The van der Waals surface area contributed by atoms with Crippen molar-refractivity contribution in [1.82, 2.24) is 0 Å². The van der Waals surface area contributed by atoms with Crippen molar-refractivity contribution < 1.29 is 36.2 Å². The van der Waals surface area contributed by atoms with Crippen LogP contribution in [0.4, 0.5) is 26.3 Å². The standard InChI is InChI=1S/C9H12F6O2/c1-2-4-7(8(10,11)12,9(13,14)15)5-3-6(16)17/h2-5H2,1H3,(H,16,17). The minimum Gasteiger partial charge on any atom is -0.481 e. The first-order valence-corrected chi connectivity index (χ1v) is 4.83. The van der Waals surface area contributed by atoms with Crippen LogP contribution >= 0.6 is 0 Å². The Hall–Kier alpha value is -0.950. The molecule has 0 amide bonds.